The van der Waals surface area contributed by atoms with Gasteiger partial charge in [-0.15, -0.1) is 0 Å². The van der Waals surface area contributed by atoms with Crippen LogP contribution >= 0.6 is 0 Å². The van der Waals surface area contributed by atoms with Gasteiger partial charge in [-0.05, 0) is 45.7 Å². The van der Waals surface area contributed by atoms with Crippen molar-refractivity contribution in [2.45, 2.75) is 51.8 Å². The highest BCUT2D eigenvalue weighted by atomic mass is 19.1. The van der Waals surface area contributed by atoms with Crippen molar-refractivity contribution >= 4 is 0 Å². The van der Waals surface area contributed by atoms with Crippen LogP contribution in [-0.4, -0.2) is 25.4 Å². The van der Waals surface area contributed by atoms with Crippen LogP contribution in [0.15, 0.2) is 18.2 Å². The summed E-state index contributed by atoms with van der Waals surface area (Å²) in [4.78, 5) is 0. The number of halogens is 1. The minimum Gasteiger partial charge on any atom is -0.491 e. The maximum absolute atomic E-state index is 14.3. The summed E-state index contributed by atoms with van der Waals surface area (Å²) in [7, 11) is 0. The van der Waals surface area contributed by atoms with Crippen LogP contribution in [0.1, 0.15) is 45.2 Å². The van der Waals surface area contributed by atoms with Gasteiger partial charge in [0.25, 0.3) is 0 Å². The van der Waals surface area contributed by atoms with Crippen molar-refractivity contribution in [3.8, 4) is 5.75 Å². The molecule has 20 heavy (non-hydrogen) atoms. The van der Waals surface area contributed by atoms with Gasteiger partial charge in [0.05, 0.1) is 18.8 Å². The molecular weight excluding hydrogens is 257 g/mol. The van der Waals surface area contributed by atoms with Crippen LogP contribution in [0.3, 0.4) is 0 Å². The van der Waals surface area contributed by atoms with Crippen LogP contribution in [-0.2, 0) is 4.74 Å². The lowest BCUT2D eigenvalue weighted by Gasteiger charge is -2.23. The van der Waals surface area contributed by atoms with E-state index in [0.717, 1.165) is 12.8 Å². The average molecular weight is 281 g/mol. The molecule has 1 N–H and O–H groups in total. The zero-order valence-electron chi connectivity index (χ0n) is 12.5. The van der Waals surface area contributed by atoms with Crippen molar-refractivity contribution in [1.82, 2.24) is 5.32 Å². The summed E-state index contributed by atoms with van der Waals surface area (Å²) in [6, 6.07) is 5.32. The molecule has 1 aliphatic carbocycles. The molecule has 112 valence electrons. The van der Waals surface area contributed by atoms with Gasteiger partial charge < -0.3 is 14.8 Å². The lowest BCUT2D eigenvalue weighted by atomic mass is 10.1. The lowest BCUT2D eigenvalue weighted by molar-refractivity contribution is 0.119. The SMILES string of the molecule is CCOCC(NC1CC1)c1c(F)cccc1OC(C)C. The molecule has 1 unspecified atom stereocenters. The zero-order valence-corrected chi connectivity index (χ0v) is 12.5. The van der Waals surface area contributed by atoms with E-state index in [4.69, 9.17) is 9.47 Å². The van der Waals surface area contributed by atoms with Crippen LogP contribution in [0.5, 0.6) is 5.75 Å². The Morgan fingerprint density at radius 3 is 2.70 bits per heavy atom. The van der Waals surface area contributed by atoms with Crippen molar-refractivity contribution in [3.05, 3.63) is 29.6 Å². The normalized spacial score (nSPS) is 16.4. The number of benzene rings is 1. The van der Waals surface area contributed by atoms with Crippen LogP contribution in [0.2, 0.25) is 0 Å². The Morgan fingerprint density at radius 1 is 1.35 bits per heavy atom. The van der Waals surface area contributed by atoms with E-state index >= 15 is 0 Å². The highest BCUT2D eigenvalue weighted by Crippen LogP contribution is 2.32. The molecule has 1 atom stereocenters. The average Bonchev–Trinajstić information content (AvgIpc) is 3.18. The summed E-state index contributed by atoms with van der Waals surface area (Å²) in [5, 5.41) is 3.45. The van der Waals surface area contributed by atoms with E-state index < -0.39 is 0 Å². The minimum atomic E-state index is -0.235. The molecule has 1 fully saturated rings. The third-order valence-corrected chi connectivity index (χ3v) is 3.23. The summed E-state index contributed by atoms with van der Waals surface area (Å²) in [6.07, 6.45) is 2.32. The van der Waals surface area contributed by atoms with Crippen molar-refractivity contribution < 1.29 is 13.9 Å². The molecule has 0 saturated heterocycles. The molecule has 0 aliphatic heterocycles. The van der Waals surface area contributed by atoms with E-state index in [2.05, 4.69) is 5.32 Å². The lowest BCUT2D eigenvalue weighted by Crippen LogP contribution is -2.29. The molecule has 4 heteroatoms. The molecule has 1 aliphatic rings. The Hall–Kier alpha value is -1.13. The fourth-order valence-corrected chi connectivity index (χ4v) is 2.20. The first-order valence-electron chi connectivity index (χ1n) is 7.40. The van der Waals surface area contributed by atoms with E-state index in [-0.39, 0.29) is 18.0 Å². The third kappa shape index (κ3) is 4.18. The Labute approximate surface area is 120 Å². The van der Waals surface area contributed by atoms with Crippen molar-refractivity contribution in [3.63, 3.8) is 0 Å². The van der Waals surface area contributed by atoms with Crippen molar-refractivity contribution in [2.24, 2.45) is 0 Å². The van der Waals surface area contributed by atoms with Crippen LogP contribution in [0.4, 0.5) is 4.39 Å². The maximum atomic E-state index is 14.3. The fraction of sp³-hybridized carbons (Fsp3) is 0.625. The number of hydrogen-bond donors (Lipinski definition) is 1. The van der Waals surface area contributed by atoms with Gasteiger partial charge in [-0.1, -0.05) is 6.07 Å². The smallest absolute Gasteiger partial charge is 0.131 e. The first kappa shape index (κ1) is 15.3. The van der Waals surface area contributed by atoms with Crippen LogP contribution in [0, 0.1) is 5.82 Å². The molecule has 0 amide bonds. The molecule has 1 aromatic carbocycles. The molecular formula is C16H24FNO2. The largest absolute Gasteiger partial charge is 0.491 e. The Morgan fingerprint density at radius 2 is 2.10 bits per heavy atom. The van der Waals surface area contributed by atoms with Gasteiger partial charge in [0, 0.05) is 18.2 Å². The first-order valence-corrected chi connectivity index (χ1v) is 7.40. The summed E-state index contributed by atoms with van der Waals surface area (Å²) in [6.45, 7) is 6.92. The number of rotatable bonds is 8. The third-order valence-electron chi connectivity index (χ3n) is 3.23. The second kappa shape index (κ2) is 7.04. The molecule has 3 nitrogen and oxygen atoms in total. The molecule has 0 radical (unpaired) electrons. The standard InChI is InChI=1S/C16H24FNO2/c1-4-19-10-14(18-12-8-9-12)16-13(17)6-5-7-15(16)20-11(2)3/h5-7,11-12,14,18H,4,8-10H2,1-3H3. The highest BCUT2D eigenvalue weighted by molar-refractivity contribution is 5.37. The van der Waals surface area contributed by atoms with Gasteiger partial charge in [-0.2, -0.15) is 0 Å². The quantitative estimate of drug-likeness (QED) is 0.791. The summed E-state index contributed by atoms with van der Waals surface area (Å²) in [5.41, 5.74) is 0.585. The van der Waals surface area contributed by atoms with Crippen LogP contribution in [0.25, 0.3) is 0 Å². The number of nitrogens with one attached hydrogen (secondary N) is 1. The van der Waals surface area contributed by atoms with E-state index in [1.165, 1.54) is 6.07 Å². The van der Waals surface area contributed by atoms with Crippen LogP contribution < -0.4 is 10.1 Å². The van der Waals surface area contributed by atoms with E-state index in [1.54, 1.807) is 6.07 Å². The number of hydrogen-bond acceptors (Lipinski definition) is 3. The molecule has 0 spiro atoms. The van der Waals surface area contributed by atoms with Gasteiger partial charge >= 0.3 is 0 Å². The Kier molecular flexibility index (Phi) is 5.38. The predicted molar refractivity (Wildman–Crippen MR) is 77.6 cm³/mol. The van der Waals surface area contributed by atoms with E-state index in [0.29, 0.717) is 30.6 Å². The molecule has 1 aromatic rings. The Balaban J connectivity index is 2.23. The number of ether oxygens (including phenoxy) is 2. The van der Waals surface area contributed by atoms with Gasteiger partial charge in [0.2, 0.25) is 0 Å². The first-order chi connectivity index (χ1) is 9.61. The summed E-state index contributed by atoms with van der Waals surface area (Å²) < 4.78 is 25.5. The van der Waals surface area contributed by atoms with E-state index in [9.17, 15) is 4.39 Å². The van der Waals surface area contributed by atoms with Crippen molar-refractivity contribution in [1.29, 1.82) is 0 Å². The summed E-state index contributed by atoms with van der Waals surface area (Å²) >= 11 is 0. The van der Waals surface area contributed by atoms with Gasteiger partial charge in [0.15, 0.2) is 0 Å². The molecule has 1 saturated carbocycles. The second-order valence-corrected chi connectivity index (χ2v) is 5.47. The summed E-state index contributed by atoms with van der Waals surface area (Å²) in [5.74, 6) is 0.374. The van der Waals surface area contributed by atoms with E-state index in [1.807, 2.05) is 26.8 Å². The molecule has 0 heterocycles. The second-order valence-electron chi connectivity index (χ2n) is 5.47. The van der Waals surface area contributed by atoms with Gasteiger partial charge in [-0.25, -0.2) is 4.39 Å². The molecule has 2 rings (SSSR count). The van der Waals surface area contributed by atoms with Gasteiger partial charge in [-0.3, -0.25) is 0 Å². The Bertz CT molecular complexity index is 432. The topological polar surface area (TPSA) is 30.5 Å². The maximum Gasteiger partial charge on any atom is 0.131 e. The minimum absolute atomic E-state index is 0.0178. The molecule has 0 aromatic heterocycles. The fourth-order valence-electron chi connectivity index (χ4n) is 2.20. The van der Waals surface area contributed by atoms with Gasteiger partial charge in [0.1, 0.15) is 11.6 Å². The predicted octanol–water partition coefficient (Wildman–Crippen LogP) is 3.44. The monoisotopic (exact) mass is 281 g/mol. The molecule has 0 bridgehead atoms. The van der Waals surface area contributed by atoms with Crippen molar-refractivity contribution in [2.75, 3.05) is 13.2 Å². The zero-order chi connectivity index (χ0) is 14.5. The highest BCUT2D eigenvalue weighted by Gasteiger charge is 2.29.